The lowest BCUT2D eigenvalue weighted by atomic mass is 10.2. The van der Waals surface area contributed by atoms with Gasteiger partial charge in [0.2, 0.25) is 4.96 Å². The van der Waals surface area contributed by atoms with Crippen molar-refractivity contribution in [3.05, 3.63) is 45.0 Å². The Balaban J connectivity index is 1.50. The summed E-state index contributed by atoms with van der Waals surface area (Å²) in [7, 11) is 0. The molecule has 0 aliphatic carbocycles. The molecular formula is C16H15N7O3S. The van der Waals surface area contributed by atoms with Crippen molar-refractivity contribution in [1.29, 1.82) is 0 Å². The molecule has 0 amide bonds. The number of aromatic nitrogens is 6. The molecule has 0 spiro atoms. The number of nitrogens with zero attached hydrogens (tertiary/aromatic N) is 6. The molecule has 3 heterocycles. The zero-order chi connectivity index (χ0) is 19.0. The number of aryl methyl sites for hydroxylation is 2. The van der Waals surface area contributed by atoms with Gasteiger partial charge in [-0.25, -0.2) is 4.98 Å². The maximum atomic E-state index is 12.5. The van der Waals surface area contributed by atoms with Crippen LogP contribution in [-0.2, 0) is 12.8 Å². The molecule has 1 N–H and O–H groups in total. The number of hydrogen-bond donors (Lipinski definition) is 1. The Morgan fingerprint density at radius 1 is 1.33 bits per heavy atom. The van der Waals surface area contributed by atoms with Gasteiger partial charge in [-0.15, -0.1) is 10.2 Å². The number of nitro groups is 1. The number of carbonyl (C=O) groups excluding carboxylic acids is 1. The highest BCUT2D eigenvalue weighted by Gasteiger charge is 2.17. The Morgan fingerprint density at radius 3 is 2.96 bits per heavy atom. The molecule has 0 bridgehead atoms. The highest BCUT2D eigenvalue weighted by atomic mass is 32.1. The standard InChI is InChI=1S/C16H15N7O3S/c1-2-3-14-21-22-13(19-20-16(22)27-14)7-6-12(24)15-17-10-5-4-9(23(25)26)8-11(10)18-15/h4-5,8H,2-3,6-7H2,1H3,(H,17,18). The Morgan fingerprint density at radius 2 is 2.19 bits per heavy atom. The number of aromatic amines is 1. The van der Waals surface area contributed by atoms with E-state index in [1.807, 2.05) is 0 Å². The maximum Gasteiger partial charge on any atom is 0.271 e. The first kappa shape index (κ1) is 17.2. The molecule has 1 aromatic carbocycles. The van der Waals surface area contributed by atoms with E-state index in [1.54, 1.807) is 4.52 Å². The van der Waals surface area contributed by atoms with Crippen molar-refractivity contribution in [3.8, 4) is 0 Å². The molecule has 0 atom stereocenters. The molecule has 0 aliphatic heterocycles. The lowest BCUT2D eigenvalue weighted by Gasteiger charge is -1.96. The highest BCUT2D eigenvalue weighted by molar-refractivity contribution is 7.16. The summed E-state index contributed by atoms with van der Waals surface area (Å²) < 4.78 is 1.69. The van der Waals surface area contributed by atoms with E-state index in [9.17, 15) is 14.9 Å². The van der Waals surface area contributed by atoms with Gasteiger partial charge in [0.1, 0.15) is 5.01 Å². The van der Waals surface area contributed by atoms with Gasteiger partial charge in [-0.05, 0) is 12.5 Å². The number of hydrogen-bond acceptors (Lipinski definition) is 8. The molecule has 4 aromatic rings. The molecule has 4 rings (SSSR count). The van der Waals surface area contributed by atoms with Crippen molar-refractivity contribution in [3.63, 3.8) is 0 Å². The first-order chi connectivity index (χ1) is 13.0. The third kappa shape index (κ3) is 3.28. The lowest BCUT2D eigenvalue weighted by molar-refractivity contribution is -0.384. The first-order valence-electron chi connectivity index (χ1n) is 8.42. The monoisotopic (exact) mass is 385 g/mol. The second-order valence-electron chi connectivity index (χ2n) is 6.02. The summed E-state index contributed by atoms with van der Waals surface area (Å²) in [6.07, 6.45) is 2.45. The van der Waals surface area contributed by atoms with Gasteiger partial charge in [0.15, 0.2) is 17.4 Å². The molecule has 0 fully saturated rings. The average molecular weight is 385 g/mol. The van der Waals surface area contributed by atoms with Crippen LogP contribution in [0.25, 0.3) is 16.0 Å². The molecular weight excluding hydrogens is 370 g/mol. The smallest absolute Gasteiger partial charge is 0.271 e. The molecule has 10 nitrogen and oxygen atoms in total. The van der Waals surface area contributed by atoms with Crippen LogP contribution in [0.3, 0.4) is 0 Å². The quantitative estimate of drug-likeness (QED) is 0.294. The van der Waals surface area contributed by atoms with Crippen LogP contribution in [0, 0.1) is 10.1 Å². The van der Waals surface area contributed by atoms with E-state index in [0.717, 1.165) is 22.8 Å². The van der Waals surface area contributed by atoms with Crippen LogP contribution >= 0.6 is 11.3 Å². The molecule has 0 saturated heterocycles. The van der Waals surface area contributed by atoms with Crippen molar-refractivity contribution in [2.45, 2.75) is 32.6 Å². The zero-order valence-electron chi connectivity index (χ0n) is 14.4. The number of rotatable bonds is 7. The Kier molecular flexibility index (Phi) is 4.36. The molecule has 3 aromatic heterocycles. The summed E-state index contributed by atoms with van der Waals surface area (Å²) in [6.45, 7) is 2.09. The maximum absolute atomic E-state index is 12.5. The van der Waals surface area contributed by atoms with Crippen LogP contribution in [-0.4, -0.2) is 40.5 Å². The Bertz CT molecular complexity index is 1160. The minimum Gasteiger partial charge on any atom is -0.335 e. The van der Waals surface area contributed by atoms with E-state index in [2.05, 4.69) is 32.2 Å². The number of benzene rings is 1. The van der Waals surface area contributed by atoms with E-state index in [0.29, 0.717) is 23.3 Å². The second-order valence-corrected chi connectivity index (χ2v) is 7.06. The van der Waals surface area contributed by atoms with Gasteiger partial charge in [0.05, 0.1) is 16.0 Å². The number of non-ortho nitro benzene ring substituents is 1. The fraction of sp³-hybridized carbons (Fsp3) is 0.312. The second kappa shape index (κ2) is 6.83. The molecule has 0 aliphatic rings. The number of fused-ring (bicyclic) bond motifs is 2. The van der Waals surface area contributed by atoms with Gasteiger partial charge < -0.3 is 4.98 Å². The summed E-state index contributed by atoms with van der Waals surface area (Å²) >= 11 is 1.50. The highest BCUT2D eigenvalue weighted by Crippen LogP contribution is 2.20. The summed E-state index contributed by atoms with van der Waals surface area (Å²) in [4.78, 5) is 30.6. The van der Waals surface area contributed by atoms with Crippen molar-refractivity contribution < 1.29 is 9.72 Å². The number of Topliss-reactive ketones (excluding diaryl/α,β-unsaturated/α-hetero) is 1. The zero-order valence-corrected chi connectivity index (χ0v) is 15.2. The molecule has 0 radical (unpaired) electrons. The minimum atomic E-state index is -0.487. The normalized spacial score (nSPS) is 11.4. The number of nitrogens with one attached hydrogen (secondary N) is 1. The van der Waals surface area contributed by atoms with Gasteiger partial charge >= 0.3 is 0 Å². The number of carbonyl (C=O) groups is 1. The lowest BCUT2D eigenvalue weighted by Crippen LogP contribution is -2.06. The Hall–Kier alpha value is -3.21. The van der Waals surface area contributed by atoms with Gasteiger partial charge in [-0.3, -0.25) is 14.9 Å². The van der Waals surface area contributed by atoms with Gasteiger partial charge in [-0.2, -0.15) is 9.61 Å². The molecule has 138 valence electrons. The fourth-order valence-corrected chi connectivity index (χ4v) is 3.71. The third-order valence-corrected chi connectivity index (χ3v) is 5.04. The van der Waals surface area contributed by atoms with E-state index in [1.165, 1.54) is 29.5 Å². The summed E-state index contributed by atoms with van der Waals surface area (Å²) in [5.74, 6) is 0.606. The van der Waals surface area contributed by atoms with Crippen molar-refractivity contribution in [2.24, 2.45) is 0 Å². The number of nitro benzene ring substituents is 1. The number of ketones is 1. The fourth-order valence-electron chi connectivity index (χ4n) is 2.75. The molecule has 0 unspecified atom stereocenters. The largest absolute Gasteiger partial charge is 0.335 e. The van der Waals surface area contributed by atoms with Crippen LogP contribution in [0.4, 0.5) is 5.69 Å². The van der Waals surface area contributed by atoms with Gasteiger partial charge in [-0.1, -0.05) is 18.3 Å². The van der Waals surface area contributed by atoms with E-state index >= 15 is 0 Å². The van der Waals surface area contributed by atoms with E-state index in [4.69, 9.17) is 0 Å². The van der Waals surface area contributed by atoms with Crippen molar-refractivity contribution in [1.82, 2.24) is 29.8 Å². The van der Waals surface area contributed by atoms with Crippen molar-refractivity contribution in [2.75, 3.05) is 0 Å². The first-order valence-corrected chi connectivity index (χ1v) is 9.24. The molecule has 11 heteroatoms. The van der Waals surface area contributed by atoms with Crippen LogP contribution in [0.15, 0.2) is 18.2 Å². The molecule has 0 saturated carbocycles. The van der Waals surface area contributed by atoms with Crippen LogP contribution in [0.1, 0.15) is 41.2 Å². The van der Waals surface area contributed by atoms with E-state index < -0.39 is 4.92 Å². The summed E-state index contributed by atoms with van der Waals surface area (Å²) in [5, 5.41) is 24.5. The molecule has 27 heavy (non-hydrogen) atoms. The number of imidazole rings is 1. The van der Waals surface area contributed by atoms with Crippen molar-refractivity contribution >= 4 is 38.8 Å². The summed E-state index contributed by atoms with van der Waals surface area (Å²) in [5.41, 5.74) is 0.918. The topological polar surface area (TPSA) is 132 Å². The SMILES string of the molecule is CCCc1nn2c(CCC(=O)c3nc4ccc([N+](=O)[O-])cc4[nH]3)nnc2s1. The number of H-pyrrole nitrogens is 1. The van der Waals surface area contributed by atoms with Crippen LogP contribution in [0.2, 0.25) is 0 Å². The Labute approximate surface area is 156 Å². The van der Waals surface area contributed by atoms with E-state index in [-0.39, 0.29) is 23.7 Å². The third-order valence-electron chi connectivity index (χ3n) is 4.08. The van der Waals surface area contributed by atoms with Crippen LogP contribution < -0.4 is 0 Å². The van der Waals surface area contributed by atoms with Gasteiger partial charge in [0, 0.05) is 31.4 Å². The predicted octanol–water partition coefficient (Wildman–Crippen LogP) is 2.74. The van der Waals surface area contributed by atoms with Crippen LogP contribution in [0.5, 0.6) is 0 Å². The predicted molar refractivity (Wildman–Crippen MR) is 98.1 cm³/mol. The minimum absolute atomic E-state index is 0.0533. The van der Waals surface area contributed by atoms with Gasteiger partial charge in [0.25, 0.3) is 5.69 Å². The average Bonchev–Trinajstić information content (AvgIpc) is 3.33. The summed E-state index contributed by atoms with van der Waals surface area (Å²) in [6, 6.07) is 4.25.